The fourth-order valence-electron chi connectivity index (χ4n) is 3.65. The maximum atomic E-state index is 12.1. The van der Waals surface area contributed by atoms with E-state index < -0.39 is 0 Å². The summed E-state index contributed by atoms with van der Waals surface area (Å²) in [4.78, 5) is 18.0. The predicted octanol–water partition coefficient (Wildman–Crippen LogP) is 3.25. The molecule has 2 aromatic rings. The van der Waals surface area contributed by atoms with E-state index in [1.54, 1.807) is 33.2 Å². The highest BCUT2D eigenvalue weighted by atomic mass is 127. The van der Waals surface area contributed by atoms with E-state index >= 15 is 0 Å². The summed E-state index contributed by atoms with van der Waals surface area (Å²) in [7, 11) is 6.95. The number of guanidine groups is 1. The number of hydrogen-bond donors (Lipinski definition) is 2. The van der Waals surface area contributed by atoms with Gasteiger partial charge in [0, 0.05) is 57.3 Å². The van der Waals surface area contributed by atoms with Crippen LogP contribution in [0.3, 0.4) is 0 Å². The molecule has 2 N–H and O–H groups in total. The van der Waals surface area contributed by atoms with E-state index in [9.17, 15) is 4.79 Å². The fraction of sp³-hybridized carbons (Fsp3) is 0.417. The van der Waals surface area contributed by atoms with Gasteiger partial charge in [-0.15, -0.1) is 24.0 Å². The van der Waals surface area contributed by atoms with Crippen molar-refractivity contribution in [3.8, 4) is 11.5 Å². The largest absolute Gasteiger partial charge is 0.496 e. The van der Waals surface area contributed by atoms with E-state index in [2.05, 4.69) is 28.6 Å². The number of benzene rings is 2. The van der Waals surface area contributed by atoms with Crippen LogP contribution < -0.4 is 20.1 Å². The molecule has 0 saturated carbocycles. The van der Waals surface area contributed by atoms with Gasteiger partial charge in [0.15, 0.2) is 5.96 Å². The highest BCUT2D eigenvalue weighted by molar-refractivity contribution is 14.0. The van der Waals surface area contributed by atoms with Crippen molar-refractivity contribution < 1.29 is 14.3 Å². The van der Waals surface area contributed by atoms with Gasteiger partial charge >= 0.3 is 0 Å². The Hall–Kier alpha value is -2.49. The van der Waals surface area contributed by atoms with Crippen molar-refractivity contribution in [1.82, 2.24) is 15.5 Å². The van der Waals surface area contributed by atoms with Crippen LogP contribution in [-0.4, -0.2) is 57.7 Å². The summed E-state index contributed by atoms with van der Waals surface area (Å²) < 4.78 is 11.5. The van der Waals surface area contributed by atoms with Crippen molar-refractivity contribution in [1.29, 1.82) is 0 Å². The SMILES string of the molecule is CN=C(NCCc1cccc(C(=O)N(C)C)c1)NCc1cc2c(cc1OC)CC(C)O2.I. The molecular weight excluding hydrogens is 519 g/mol. The Kier molecular flexibility index (Phi) is 9.61. The highest BCUT2D eigenvalue weighted by Crippen LogP contribution is 2.34. The molecule has 0 saturated heterocycles. The number of nitrogens with zero attached hydrogens (tertiary/aromatic N) is 2. The van der Waals surface area contributed by atoms with Gasteiger partial charge in [-0.2, -0.15) is 0 Å². The van der Waals surface area contributed by atoms with E-state index in [1.807, 2.05) is 30.3 Å². The van der Waals surface area contributed by atoms with Crippen LogP contribution in [0, 0.1) is 0 Å². The Morgan fingerprint density at radius 3 is 2.72 bits per heavy atom. The number of fused-ring (bicyclic) bond motifs is 1. The maximum Gasteiger partial charge on any atom is 0.253 e. The first-order valence-corrected chi connectivity index (χ1v) is 10.5. The molecule has 0 aromatic heterocycles. The molecule has 174 valence electrons. The summed E-state index contributed by atoms with van der Waals surface area (Å²) in [6.07, 6.45) is 1.89. The fourth-order valence-corrected chi connectivity index (χ4v) is 3.65. The van der Waals surface area contributed by atoms with Crippen LogP contribution in [0.5, 0.6) is 11.5 Å². The molecule has 1 atom stereocenters. The Morgan fingerprint density at radius 2 is 2.03 bits per heavy atom. The van der Waals surface area contributed by atoms with Crippen LogP contribution in [0.4, 0.5) is 0 Å². The first-order valence-electron chi connectivity index (χ1n) is 10.5. The average molecular weight is 552 g/mol. The van der Waals surface area contributed by atoms with E-state index in [0.717, 1.165) is 35.5 Å². The van der Waals surface area contributed by atoms with E-state index in [0.29, 0.717) is 24.6 Å². The quantitative estimate of drug-likeness (QED) is 0.314. The van der Waals surface area contributed by atoms with Crippen molar-refractivity contribution in [3.63, 3.8) is 0 Å². The second kappa shape index (κ2) is 11.9. The normalized spacial score (nSPS) is 14.7. The van der Waals surface area contributed by atoms with Crippen molar-refractivity contribution in [3.05, 3.63) is 58.7 Å². The molecule has 2 aromatic carbocycles. The Morgan fingerprint density at radius 1 is 1.25 bits per heavy atom. The summed E-state index contributed by atoms with van der Waals surface area (Å²) >= 11 is 0. The lowest BCUT2D eigenvalue weighted by Gasteiger charge is -2.15. The molecule has 7 nitrogen and oxygen atoms in total. The smallest absolute Gasteiger partial charge is 0.253 e. The first kappa shape index (κ1) is 25.8. The Labute approximate surface area is 207 Å². The van der Waals surface area contributed by atoms with Crippen molar-refractivity contribution in [2.45, 2.75) is 32.4 Å². The van der Waals surface area contributed by atoms with Gasteiger partial charge < -0.3 is 25.0 Å². The zero-order valence-electron chi connectivity index (χ0n) is 19.4. The summed E-state index contributed by atoms with van der Waals surface area (Å²) in [6, 6.07) is 11.8. The molecule has 0 fully saturated rings. The second-order valence-electron chi connectivity index (χ2n) is 7.91. The van der Waals surface area contributed by atoms with Gasteiger partial charge in [-0.05, 0) is 43.2 Å². The number of aliphatic imine (C=N–C) groups is 1. The van der Waals surface area contributed by atoms with Crippen molar-refractivity contribution in [2.75, 3.05) is 34.8 Å². The lowest BCUT2D eigenvalue weighted by molar-refractivity contribution is 0.0827. The number of ether oxygens (including phenoxy) is 2. The first-order chi connectivity index (χ1) is 14.9. The summed E-state index contributed by atoms with van der Waals surface area (Å²) in [6.45, 7) is 3.34. The molecule has 1 aliphatic heterocycles. The molecule has 8 heteroatoms. The minimum atomic E-state index is 0. The third kappa shape index (κ3) is 6.51. The number of carbonyl (C=O) groups excluding carboxylic acids is 1. The number of halogens is 1. The zero-order valence-corrected chi connectivity index (χ0v) is 21.7. The Bertz CT molecular complexity index is 962. The zero-order chi connectivity index (χ0) is 22.4. The van der Waals surface area contributed by atoms with Crippen LogP contribution in [-0.2, 0) is 19.4 Å². The van der Waals surface area contributed by atoms with Crippen LogP contribution >= 0.6 is 24.0 Å². The molecule has 32 heavy (non-hydrogen) atoms. The standard InChI is InChI=1S/C24H32N4O3.HI/c1-16-11-19-13-21(30-5)20(14-22(19)31-16)15-27-24(25-2)26-10-9-17-7-6-8-18(12-17)23(29)28(3)4;/h6-8,12-14,16H,9-11,15H2,1-5H3,(H2,25,26,27);1H. The Balaban J connectivity index is 0.00000363. The van der Waals surface area contributed by atoms with Gasteiger partial charge in [-0.3, -0.25) is 9.79 Å². The minimum absolute atomic E-state index is 0. The minimum Gasteiger partial charge on any atom is -0.496 e. The van der Waals surface area contributed by atoms with Gasteiger partial charge in [0.25, 0.3) is 5.91 Å². The number of carbonyl (C=O) groups is 1. The van der Waals surface area contributed by atoms with Crippen LogP contribution in [0.15, 0.2) is 41.4 Å². The number of rotatable bonds is 7. The molecule has 3 rings (SSSR count). The van der Waals surface area contributed by atoms with Gasteiger partial charge in [-0.25, -0.2) is 0 Å². The summed E-state index contributed by atoms with van der Waals surface area (Å²) in [5.74, 6) is 2.49. The lowest BCUT2D eigenvalue weighted by atomic mass is 10.1. The third-order valence-corrected chi connectivity index (χ3v) is 5.26. The molecule has 1 aliphatic rings. The number of nitrogens with one attached hydrogen (secondary N) is 2. The number of methoxy groups -OCH3 is 1. The summed E-state index contributed by atoms with van der Waals surface area (Å²) in [5.41, 5.74) is 4.01. The second-order valence-corrected chi connectivity index (χ2v) is 7.91. The van der Waals surface area contributed by atoms with Crippen molar-refractivity contribution in [2.24, 2.45) is 4.99 Å². The van der Waals surface area contributed by atoms with E-state index in [-0.39, 0.29) is 36.0 Å². The monoisotopic (exact) mass is 552 g/mol. The van der Waals surface area contributed by atoms with Gasteiger partial charge in [0.2, 0.25) is 0 Å². The third-order valence-electron chi connectivity index (χ3n) is 5.26. The molecule has 0 aliphatic carbocycles. The van der Waals surface area contributed by atoms with E-state index in [1.165, 1.54) is 5.56 Å². The molecule has 0 spiro atoms. The highest BCUT2D eigenvalue weighted by Gasteiger charge is 2.21. The molecule has 1 heterocycles. The predicted molar refractivity (Wildman–Crippen MR) is 139 cm³/mol. The van der Waals surface area contributed by atoms with Crippen molar-refractivity contribution >= 4 is 35.8 Å². The lowest BCUT2D eigenvalue weighted by Crippen LogP contribution is -2.38. The van der Waals surface area contributed by atoms with Crippen LogP contribution in [0.2, 0.25) is 0 Å². The van der Waals surface area contributed by atoms with Crippen LogP contribution in [0.25, 0.3) is 0 Å². The molecular formula is C24H33IN4O3. The van der Waals surface area contributed by atoms with E-state index in [4.69, 9.17) is 9.47 Å². The number of hydrogen-bond acceptors (Lipinski definition) is 4. The molecule has 1 unspecified atom stereocenters. The topological polar surface area (TPSA) is 75.2 Å². The molecule has 1 amide bonds. The number of amides is 1. The average Bonchev–Trinajstić information content (AvgIpc) is 3.13. The molecule has 0 bridgehead atoms. The van der Waals surface area contributed by atoms with Gasteiger partial charge in [0.05, 0.1) is 7.11 Å². The molecule has 0 radical (unpaired) electrons. The maximum absolute atomic E-state index is 12.1. The van der Waals surface area contributed by atoms with Crippen LogP contribution in [0.1, 0.15) is 34.0 Å². The van der Waals surface area contributed by atoms with Gasteiger partial charge in [-0.1, -0.05) is 12.1 Å². The summed E-state index contributed by atoms with van der Waals surface area (Å²) in [5, 5.41) is 6.66. The van der Waals surface area contributed by atoms with Gasteiger partial charge in [0.1, 0.15) is 17.6 Å².